The van der Waals surface area contributed by atoms with Gasteiger partial charge < -0.3 is 10.5 Å². The van der Waals surface area contributed by atoms with E-state index < -0.39 is 5.97 Å². The standard InChI is InChI=1S/C9H12N4O2/c1-15-8(14)6-2-4-7(5-3-6)12-9(10)13-11/h2-5H,11H2,1H3,(H3,10,12,13). The zero-order chi connectivity index (χ0) is 11.3. The number of rotatable bonds is 2. The number of aliphatic imine (C=N–C) groups is 1. The maximum atomic E-state index is 11.1. The molecule has 0 radical (unpaired) electrons. The van der Waals surface area contributed by atoms with Crippen molar-refractivity contribution in [2.45, 2.75) is 0 Å². The van der Waals surface area contributed by atoms with E-state index in [1.165, 1.54) is 7.11 Å². The highest BCUT2D eigenvalue weighted by molar-refractivity contribution is 5.89. The fourth-order valence-electron chi connectivity index (χ4n) is 0.961. The Balaban J connectivity index is 2.86. The summed E-state index contributed by atoms with van der Waals surface area (Å²) in [6, 6.07) is 6.45. The van der Waals surface area contributed by atoms with Gasteiger partial charge in [-0.15, -0.1) is 0 Å². The fourth-order valence-corrected chi connectivity index (χ4v) is 0.961. The third-order valence-electron chi connectivity index (χ3n) is 1.69. The van der Waals surface area contributed by atoms with Crippen LogP contribution in [-0.2, 0) is 4.74 Å². The van der Waals surface area contributed by atoms with Crippen molar-refractivity contribution in [2.24, 2.45) is 16.6 Å². The molecule has 0 amide bonds. The number of nitrogens with one attached hydrogen (secondary N) is 1. The number of guanidine groups is 1. The lowest BCUT2D eigenvalue weighted by molar-refractivity contribution is 0.0601. The van der Waals surface area contributed by atoms with Crippen LogP contribution in [-0.4, -0.2) is 19.0 Å². The van der Waals surface area contributed by atoms with Gasteiger partial charge in [-0.1, -0.05) is 0 Å². The second-order valence-corrected chi connectivity index (χ2v) is 2.68. The molecule has 15 heavy (non-hydrogen) atoms. The Bertz CT molecular complexity index is 372. The first kappa shape index (κ1) is 11.0. The number of hydrogen-bond acceptors (Lipinski definition) is 4. The van der Waals surface area contributed by atoms with Crippen LogP contribution in [0.3, 0.4) is 0 Å². The Hall–Kier alpha value is -2.08. The second kappa shape index (κ2) is 4.97. The van der Waals surface area contributed by atoms with Crippen molar-refractivity contribution >= 4 is 17.6 Å². The van der Waals surface area contributed by atoms with Gasteiger partial charge in [0.2, 0.25) is 5.96 Å². The zero-order valence-electron chi connectivity index (χ0n) is 8.23. The average Bonchev–Trinajstić information content (AvgIpc) is 2.29. The molecule has 0 aliphatic heterocycles. The second-order valence-electron chi connectivity index (χ2n) is 2.68. The molecule has 1 rings (SSSR count). The lowest BCUT2D eigenvalue weighted by Crippen LogP contribution is -2.36. The van der Waals surface area contributed by atoms with Crippen LogP contribution in [0, 0.1) is 0 Å². The highest BCUT2D eigenvalue weighted by Crippen LogP contribution is 2.13. The molecule has 0 unspecified atom stereocenters. The number of hydrazine groups is 1. The summed E-state index contributed by atoms with van der Waals surface area (Å²) in [5.74, 6) is 4.74. The van der Waals surface area contributed by atoms with Crippen LogP contribution in [0.2, 0.25) is 0 Å². The summed E-state index contributed by atoms with van der Waals surface area (Å²) < 4.78 is 4.55. The number of benzene rings is 1. The molecule has 5 N–H and O–H groups in total. The number of nitrogens with zero attached hydrogens (tertiary/aromatic N) is 1. The molecule has 80 valence electrons. The van der Waals surface area contributed by atoms with E-state index in [2.05, 4.69) is 15.2 Å². The molecule has 1 aromatic rings. The smallest absolute Gasteiger partial charge is 0.337 e. The average molecular weight is 208 g/mol. The van der Waals surface area contributed by atoms with E-state index in [4.69, 9.17) is 11.6 Å². The molecule has 0 aliphatic rings. The van der Waals surface area contributed by atoms with Crippen LogP contribution in [0.4, 0.5) is 5.69 Å². The topological polar surface area (TPSA) is 103 Å². The Labute approximate surface area is 86.9 Å². The van der Waals surface area contributed by atoms with Crippen LogP contribution >= 0.6 is 0 Å². The van der Waals surface area contributed by atoms with E-state index in [1.54, 1.807) is 24.3 Å². The summed E-state index contributed by atoms with van der Waals surface area (Å²) >= 11 is 0. The number of methoxy groups -OCH3 is 1. The Morgan fingerprint density at radius 2 is 2.00 bits per heavy atom. The summed E-state index contributed by atoms with van der Waals surface area (Å²) in [7, 11) is 1.32. The molecule has 0 atom stereocenters. The van der Waals surface area contributed by atoms with Crippen LogP contribution in [0.1, 0.15) is 10.4 Å². The molecule has 0 bridgehead atoms. The molecule has 0 aromatic heterocycles. The summed E-state index contributed by atoms with van der Waals surface area (Å²) in [5, 5.41) is 0. The molecular weight excluding hydrogens is 196 g/mol. The van der Waals surface area contributed by atoms with Crippen LogP contribution in [0.5, 0.6) is 0 Å². The molecule has 1 aromatic carbocycles. The van der Waals surface area contributed by atoms with E-state index in [9.17, 15) is 4.79 Å². The van der Waals surface area contributed by atoms with Crippen molar-refractivity contribution in [2.75, 3.05) is 7.11 Å². The van der Waals surface area contributed by atoms with E-state index in [-0.39, 0.29) is 5.96 Å². The van der Waals surface area contributed by atoms with Crippen molar-refractivity contribution in [3.8, 4) is 0 Å². The highest BCUT2D eigenvalue weighted by atomic mass is 16.5. The third kappa shape index (κ3) is 2.96. The predicted octanol–water partition coefficient (Wildman–Crippen LogP) is -0.117. The SMILES string of the molecule is COC(=O)c1ccc(N=C(N)NN)cc1. The minimum Gasteiger partial charge on any atom is -0.465 e. The van der Waals surface area contributed by atoms with Gasteiger partial charge in [0, 0.05) is 0 Å². The molecule has 0 aliphatic carbocycles. The van der Waals surface area contributed by atoms with Gasteiger partial charge >= 0.3 is 5.97 Å². The van der Waals surface area contributed by atoms with Crippen molar-refractivity contribution in [1.82, 2.24) is 5.43 Å². The molecule has 6 heteroatoms. The molecule has 0 saturated heterocycles. The first-order valence-corrected chi connectivity index (χ1v) is 4.16. The summed E-state index contributed by atoms with van der Waals surface area (Å²) in [6.07, 6.45) is 0. The molecule has 0 spiro atoms. The number of nitrogens with two attached hydrogens (primary N) is 2. The van der Waals surface area contributed by atoms with Crippen molar-refractivity contribution in [1.29, 1.82) is 0 Å². The third-order valence-corrected chi connectivity index (χ3v) is 1.69. The Morgan fingerprint density at radius 1 is 1.40 bits per heavy atom. The molecule has 6 nitrogen and oxygen atoms in total. The van der Waals surface area contributed by atoms with Gasteiger partial charge in [-0.25, -0.2) is 15.6 Å². The maximum absolute atomic E-state index is 11.1. The van der Waals surface area contributed by atoms with Crippen molar-refractivity contribution in [3.63, 3.8) is 0 Å². The predicted molar refractivity (Wildman–Crippen MR) is 56.4 cm³/mol. The summed E-state index contributed by atoms with van der Waals surface area (Å²) in [6.45, 7) is 0. The quantitative estimate of drug-likeness (QED) is 0.207. The first-order chi connectivity index (χ1) is 7.17. The normalized spacial score (nSPS) is 10.9. The fraction of sp³-hybridized carbons (Fsp3) is 0.111. The Kier molecular flexibility index (Phi) is 3.64. The van der Waals surface area contributed by atoms with Gasteiger partial charge in [0.05, 0.1) is 18.4 Å². The maximum Gasteiger partial charge on any atom is 0.337 e. The number of hydrogen-bond donors (Lipinski definition) is 3. The van der Waals surface area contributed by atoms with E-state index >= 15 is 0 Å². The van der Waals surface area contributed by atoms with Crippen molar-refractivity contribution in [3.05, 3.63) is 29.8 Å². The van der Waals surface area contributed by atoms with E-state index in [1.807, 2.05) is 0 Å². The minimum atomic E-state index is -0.393. The number of ether oxygens (including phenoxy) is 1. The Morgan fingerprint density at radius 3 is 2.47 bits per heavy atom. The lowest BCUT2D eigenvalue weighted by Gasteiger charge is -2.00. The zero-order valence-corrected chi connectivity index (χ0v) is 8.23. The molecular formula is C9H12N4O2. The van der Waals surface area contributed by atoms with Crippen LogP contribution in [0.15, 0.2) is 29.3 Å². The largest absolute Gasteiger partial charge is 0.465 e. The number of carbonyl (C=O) groups excluding carboxylic acids is 1. The van der Waals surface area contributed by atoms with Gasteiger partial charge in [0.1, 0.15) is 0 Å². The minimum absolute atomic E-state index is 0.0980. The van der Waals surface area contributed by atoms with Gasteiger partial charge in [0.15, 0.2) is 0 Å². The summed E-state index contributed by atoms with van der Waals surface area (Å²) in [5.41, 5.74) is 8.60. The number of esters is 1. The molecule has 0 saturated carbocycles. The highest BCUT2D eigenvalue weighted by Gasteiger charge is 2.03. The first-order valence-electron chi connectivity index (χ1n) is 4.16. The van der Waals surface area contributed by atoms with Crippen molar-refractivity contribution < 1.29 is 9.53 Å². The van der Waals surface area contributed by atoms with Gasteiger partial charge in [-0.2, -0.15) is 0 Å². The number of carbonyl (C=O) groups is 1. The van der Waals surface area contributed by atoms with Crippen LogP contribution in [0.25, 0.3) is 0 Å². The van der Waals surface area contributed by atoms with Crippen LogP contribution < -0.4 is 17.0 Å². The summed E-state index contributed by atoms with van der Waals surface area (Å²) in [4.78, 5) is 15.0. The molecule has 0 heterocycles. The van der Waals surface area contributed by atoms with Gasteiger partial charge in [-0.05, 0) is 24.3 Å². The van der Waals surface area contributed by atoms with Gasteiger partial charge in [-0.3, -0.25) is 5.43 Å². The molecule has 0 fully saturated rings. The van der Waals surface area contributed by atoms with E-state index in [0.29, 0.717) is 11.3 Å². The van der Waals surface area contributed by atoms with E-state index in [0.717, 1.165) is 0 Å². The van der Waals surface area contributed by atoms with Gasteiger partial charge in [0.25, 0.3) is 0 Å². The lowest BCUT2D eigenvalue weighted by atomic mass is 10.2. The monoisotopic (exact) mass is 208 g/mol.